The number of anilines is 4. The molecular weight excluding hydrogens is 514 g/mol. The van der Waals surface area contributed by atoms with Crippen LogP contribution in [0.15, 0.2) is 36.7 Å². The number of ether oxygens (including phenoxy) is 1. The summed E-state index contributed by atoms with van der Waals surface area (Å²) >= 11 is 0. The average Bonchev–Trinajstić information content (AvgIpc) is 2.88. The summed E-state index contributed by atoms with van der Waals surface area (Å²) < 4.78 is 5.94. The fourth-order valence-corrected chi connectivity index (χ4v) is 4.86. The molecule has 4 rings (SSSR count). The second kappa shape index (κ2) is 11.0. The quantitative estimate of drug-likeness (QED) is 0.119. The third kappa shape index (κ3) is 5.77. The molecule has 0 bridgehead atoms. The minimum Gasteiger partial charge on any atom is -0.437 e. The molecule has 2 unspecified atom stereocenters. The molecule has 0 spiro atoms. The number of nitrogens with two attached hydrogens (primary N) is 1. The van der Waals surface area contributed by atoms with Crippen LogP contribution in [-0.2, 0) is 0 Å². The number of carbonyl (C=O) groups excluding carboxylic acids is 1. The van der Waals surface area contributed by atoms with E-state index in [-0.39, 0.29) is 30.2 Å². The number of amides is 1. The standard InChI is InChI=1S/C24H30B2N10O4/c1-13-6-15(8-27)30-10-17(13)40-19-7-16(20(34-28)21(29-2)33-19)32-18-5-4-14(9-31-18)22(37)36-23(25,38)11-35(3)12-24(36,26)39/h4-7,9-10,34,38-39H,11-12,25-26,28H2,1-3H3,(H2,29,31,32,33). The van der Waals surface area contributed by atoms with Crippen molar-refractivity contribution in [2.75, 3.05) is 43.2 Å². The van der Waals surface area contributed by atoms with Crippen LogP contribution in [0.2, 0.25) is 0 Å². The van der Waals surface area contributed by atoms with Gasteiger partial charge in [-0.2, -0.15) is 10.2 Å². The van der Waals surface area contributed by atoms with Crippen LogP contribution in [0, 0.1) is 18.3 Å². The molecule has 14 nitrogen and oxygen atoms in total. The second-order valence-electron chi connectivity index (χ2n) is 9.98. The summed E-state index contributed by atoms with van der Waals surface area (Å²) in [6, 6.07) is 8.33. The van der Waals surface area contributed by atoms with Crippen molar-refractivity contribution in [1.29, 1.82) is 5.26 Å². The maximum atomic E-state index is 13.3. The van der Waals surface area contributed by atoms with Crippen molar-refractivity contribution in [2.24, 2.45) is 5.84 Å². The van der Waals surface area contributed by atoms with Gasteiger partial charge in [0, 0.05) is 32.4 Å². The van der Waals surface area contributed by atoms with Crippen LogP contribution in [0.3, 0.4) is 0 Å². The summed E-state index contributed by atoms with van der Waals surface area (Å²) in [5, 5.41) is 37.0. The number of rotatable bonds is 7. The number of nitrogen functional groups attached to an aromatic ring is 1. The lowest BCUT2D eigenvalue weighted by atomic mass is 9.76. The molecule has 206 valence electrons. The molecule has 3 aromatic heterocycles. The lowest BCUT2D eigenvalue weighted by molar-refractivity contribution is -0.171. The zero-order valence-corrected chi connectivity index (χ0v) is 22.8. The number of nitrogens with zero attached hydrogens (tertiary/aromatic N) is 6. The maximum absolute atomic E-state index is 13.3. The summed E-state index contributed by atoms with van der Waals surface area (Å²) in [6.07, 6.45) is 2.80. The highest BCUT2D eigenvalue weighted by molar-refractivity contribution is 6.21. The van der Waals surface area contributed by atoms with Crippen LogP contribution in [0.25, 0.3) is 0 Å². The zero-order chi connectivity index (χ0) is 29.2. The molecule has 1 saturated heterocycles. The van der Waals surface area contributed by atoms with Gasteiger partial charge >= 0.3 is 0 Å². The first-order valence-corrected chi connectivity index (χ1v) is 12.3. The van der Waals surface area contributed by atoms with E-state index in [1.807, 2.05) is 6.07 Å². The minimum absolute atomic E-state index is 0.176. The number of pyridine rings is 3. The van der Waals surface area contributed by atoms with E-state index in [0.717, 1.165) is 4.90 Å². The number of aryl methyl sites for hydroxylation is 1. The predicted molar refractivity (Wildman–Crippen MR) is 154 cm³/mol. The van der Waals surface area contributed by atoms with E-state index in [2.05, 4.69) is 31.0 Å². The maximum Gasteiger partial charge on any atom is 0.258 e. The second-order valence-corrected chi connectivity index (χ2v) is 9.98. The van der Waals surface area contributed by atoms with Crippen LogP contribution in [0.1, 0.15) is 21.6 Å². The van der Waals surface area contributed by atoms with Gasteiger partial charge in [-0.05, 0) is 37.7 Å². The van der Waals surface area contributed by atoms with Crippen LogP contribution < -0.4 is 26.6 Å². The molecule has 0 saturated carbocycles. The molecule has 1 aliphatic rings. The van der Waals surface area contributed by atoms with Gasteiger partial charge in [0.1, 0.15) is 34.5 Å². The zero-order valence-electron chi connectivity index (χ0n) is 22.8. The number of piperazine rings is 1. The molecular formula is C24H30B2N10O4. The van der Waals surface area contributed by atoms with Crippen LogP contribution in [0.5, 0.6) is 11.6 Å². The van der Waals surface area contributed by atoms with E-state index in [1.54, 1.807) is 50.2 Å². The van der Waals surface area contributed by atoms with E-state index in [4.69, 9.17) is 15.8 Å². The molecule has 1 aliphatic heterocycles. The number of likely N-dealkylation sites (N-methyl/N-ethyl adjacent to an activating group) is 1. The first kappa shape index (κ1) is 28.6. The number of hydrogen-bond acceptors (Lipinski definition) is 13. The van der Waals surface area contributed by atoms with E-state index in [1.165, 1.54) is 28.1 Å². The molecule has 0 radical (unpaired) electrons. The van der Waals surface area contributed by atoms with Gasteiger partial charge in [-0.1, -0.05) is 0 Å². The molecule has 40 heavy (non-hydrogen) atoms. The van der Waals surface area contributed by atoms with Crippen LogP contribution >= 0.6 is 0 Å². The van der Waals surface area contributed by atoms with Gasteiger partial charge in [-0.25, -0.2) is 9.97 Å². The normalized spacial score (nSPS) is 20.9. The Morgan fingerprint density at radius 3 is 2.45 bits per heavy atom. The van der Waals surface area contributed by atoms with Gasteiger partial charge in [0.15, 0.2) is 27.3 Å². The number of aliphatic hydroxyl groups is 2. The smallest absolute Gasteiger partial charge is 0.258 e. The molecule has 16 heteroatoms. The fourth-order valence-electron chi connectivity index (χ4n) is 4.86. The highest BCUT2D eigenvalue weighted by Gasteiger charge is 2.49. The average molecular weight is 544 g/mol. The van der Waals surface area contributed by atoms with Gasteiger partial charge in [0.2, 0.25) is 5.88 Å². The molecule has 1 fully saturated rings. The van der Waals surface area contributed by atoms with Crippen molar-refractivity contribution in [3.05, 3.63) is 53.5 Å². The summed E-state index contributed by atoms with van der Waals surface area (Å²) in [5.41, 5.74) is 1.48. The summed E-state index contributed by atoms with van der Waals surface area (Å²) in [7, 11) is 6.40. The number of hydrogen-bond donors (Lipinski definition) is 6. The van der Waals surface area contributed by atoms with Crippen LogP contribution in [0.4, 0.5) is 23.0 Å². The Balaban J connectivity index is 1.60. The summed E-state index contributed by atoms with van der Waals surface area (Å²) in [6.45, 7) is 2.14. The largest absolute Gasteiger partial charge is 0.437 e. The fraction of sp³-hybridized carbons (Fsp3) is 0.292. The summed E-state index contributed by atoms with van der Waals surface area (Å²) in [5.74, 6) is 6.61. The van der Waals surface area contributed by atoms with Gasteiger partial charge in [-0.15, -0.1) is 0 Å². The van der Waals surface area contributed by atoms with Gasteiger partial charge < -0.3 is 31.0 Å². The Kier molecular flexibility index (Phi) is 7.85. The van der Waals surface area contributed by atoms with Crippen molar-refractivity contribution < 1.29 is 19.7 Å². The minimum atomic E-state index is -1.59. The van der Waals surface area contributed by atoms with Crippen molar-refractivity contribution >= 4 is 44.6 Å². The number of β-amino-alcohol motifs (C(OH)–C–C–N with tert-alkyl or cyclic N) is 2. The highest BCUT2D eigenvalue weighted by Crippen LogP contribution is 2.36. The van der Waals surface area contributed by atoms with E-state index in [9.17, 15) is 15.0 Å². The topological polar surface area (TPSA) is 198 Å². The molecule has 2 atom stereocenters. The first-order valence-electron chi connectivity index (χ1n) is 12.3. The van der Waals surface area contributed by atoms with Gasteiger partial charge in [0.05, 0.1) is 17.4 Å². The number of carbonyl (C=O) groups is 1. The Bertz CT molecular complexity index is 1450. The Hall–Kier alpha value is -4.42. The molecule has 0 aromatic carbocycles. The number of nitrogens with one attached hydrogen (secondary N) is 3. The van der Waals surface area contributed by atoms with E-state index >= 15 is 0 Å². The SMILES string of the molecule is BC1(O)CN(C)CC(B)(O)N1C(=O)c1ccc(Nc2cc(Oc3cnc(C#N)cc3C)nc(NC)c2NN)nc1. The monoisotopic (exact) mass is 544 g/mol. The third-order valence-electron chi connectivity index (χ3n) is 6.35. The molecule has 7 N–H and O–H groups in total. The van der Waals surface area contributed by atoms with Crippen molar-refractivity contribution in [1.82, 2.24) is 24.8 Å². The van der Waals surface area contributed by atoms with Gasteiger partial charge in [0.25, 0.3) is 5.91 Å². The van der Waals surface area contributed by atoms with Crippen LogP contribution in [-0.4, -0.2) is 95.0 Å². The third-order valence-corrected chi connectivity index (χ3v) is 6.35. The lowest BCUT2D eigenvalue weighted by Gasteiger charge is -2.53. The number of aromatic nitrogens is 3. The van der Waals surface area contributed by atoms with E-state index in [0.29, 0.717) is 34.3 Å². The predicted octanol–water partition coefficient (Wildman–Crippen LogP) is -1.14. The van der Waals surface area contributed by atoms with Crippen molar-refractivity contribution in [2.45, 2.75) is 18.2 Å². The van der Waals surface area contributed by atoms with E-state index < -0.39 is 17.2 Å². The number of nitriles is 1. The Morgan fingerprint density at radius 2 is 1.90 bits per heavy atom. The van der Waals surface area contributed by atoms with Crippen molar-refractivity contribution in [3.63, 3.8) is 0 Å². The molecule has 0 aliphatic carbocycles. The Morgan fingerprint density at radius 1 is 1.20 bits per heavy atom. The van der Waals surface area contributed by atoms with Crippen molar-refractivity contribution in [3.8, 4) is 17.7 Å². The Labute approximate surface area is 233 Å². The number of hydrazine groups is 1. The molecule has 3 aromatic rings. The lowest BCUT2D eigenvalue weighted by Crippen LogP contribution is -2.74. The van der Waals surface area contributed by atoms with Gasteiger partial charge in [-0.3, -0.25) is 20.4 Å². The highest BCUT2D eigenvalue weighted by atomic mass is 16.5. The summed E-state index contributed by atoms with van der Waals surface area (Å²) in [4.78, 5) is 29.0. The molecule has 4 heterocycles. The molecule has 1 amide bonds. The first-order chi connectivity index (χ1) is 18.9.